The van der Waals surface area contributed by atoms with Gasteiger partial charge in [0.15, 0.2) is 0 Å². The number of carbonyl (C=O) groups excluding carboxylic acids is 2. The molecule has 0 spiro atoms. The Morgan fingerprint density at radius 3 is 2.39 bits per heavy atom. The number of hydrogen-bond donors (Lipinski definition) is 2. The Labute approximate surface area is 163 Å². The van der Waals surface area contributed by atoms with E-state index in [2.05, 4.69) is 22.5 Å². The number of ether oxygens (including phenoxy) is 1. The SMILES string of the molecule is CCc1ccc(NC(=O)c2ccc(Nc3cccc(C(=O)OC)c3)nc2)cc1. The number of aromatic nitrogens is 1. The third kappa shape index (κ3) is 4.73. The van der Waals surface area contributed by atoms with E-state index in [1.54, 1.807) is 30.3 Å². The molecule has 0 aliphatic carbocycles. The maximum absolute atomic E-state index is 12.4. The van der Waals surface area contributed by atoms with Crippen LogP contribution in [0.1, 0.15) is 33.2 Å². The molecule has 2 N–H and O–H groups in total. The minimum Gasteiger partial charge on any atom is -0.465 e. The van der Waals surface area contributed by atoms with Gasteiger partial charge in [-0.05, 0) is 54.4 Å². The number of rotatable bonds is 6. The Balaban J connectivity index is 1.65. The summed E-state index contributed by atoms with van der Waals surface area (Å²) in [5, 5.41) is 5.96. The van der Waals surface area contributed by atoms with E-state index in [-0.39, 0.29) is 5.91 Å². The Hall–Kier alpha value is -3.67. The molecule has 2 aromatic carbocycles. The highest BCUT2D eigenvalue weighted by Crippen LogP contribution is 2.17. The van der Waals surface area contributed by atoms with Gasteiger partial charge < -0.3 is 15.4 Å². The van der Waals surface area contributed by atoms with Crippen molar-refractivity contribution in [2.24, 2.45) is 0 Å². The van der Waals surface area contributed by atoms with Gasteiger partial charge in [-0.15, -0.1) is 0 Å². The second-order valence-electron chi connectivity index (χ2n) is 6.13. The molecule has 0 fully saturated rings. The number of methoxy groups -OCH3 is 1. The van der Waals surface area contributed by atoms with Crippen molar-refractivity contribution in [3.8, 4) is 0 Å². The molecule has 142 valence electrons. The number of hydrogen-bond acceptors (Lipinski definition) is 5. The molecular formula is C22H21N3O3. The predicted molar refractivity (Wildman–Crippen MR) is 109 cm³/mol. The monoisotopic (exact) mass is 375 g/mol. The Morgan fingerprint density at radius 1 is 0.964 bits per heavy atom. The van der Waals surface area contributed by atoms with Gasteiger partial charge in [0, 0.05) is 17.6 Å². The molecule has 28 heavy (non-hydrogen) atoms. The van der Waals surface area contributed by atoms with Gasteiger partial charge in [-0.1, -0.05) is 25.1 Å². The quantitative estimate of drug-likeness (QED) is 0.623. The summed E-state index contributed by atoms with van der Waals surface area (Å²) < 4.78 is 4.72. The number of aryl methyl sites for hydroxylation is 1. The van der Waals surface area contributed by atoms with E-state index < -0.39 is 5.97 Å². The van der Waals surface area contributed by atoms with Gasteiger partial charge in [-0.25, -0.2) is 9.78 Å². The van der Waals surface area contributed by atoms with Gasteiger partial charge >= 0.3 is 5.97 Å². The zero-order chi connectivity index (χ0) is 19.9. The number of carbonyl (C=O) groups is 2. The summed E-state index contributed by atoms with van der Waals surface area (Å²) in [7, 11) is 1.34. The number of benzene rings is 2. The molecule has 0 unspecified atom stereocenters. The smallest absolute Gasteiger partial charge is 0.337 e. The Kier molecular flexibility index (Phi) is 6.01. The molecule has 0 bridgehead atoms. The van der Waals surface area contributed by atoms with Crippen LogP contribution < -0.4 is 10.6 Å². The normalized spacial score (nSPS) is 10.2. The van der Waals surface area contributed by atoms with Crippen LogP contribution in [0.15, 0.2) is 66.9 Å². The molecule has 1 aromatic heterocycles. The molecule has 0 radical (unpaired) electrons. The van der Waals surface area contributed by atoms with Crippen LogP contribution >= 0.6 is 0 Å². The first-order chi connectivity index (χ1) is 13.6. The number of amides is 1. The molecule has 0 atom stereocenters. The van der Waals surface area contributed by atoms with Crippen LogP contribution in [0.4, 0.5) is 17.2 Å². The van der Waals surface area contributed by atoms with E-state index in [1.165, 1.54) is 18.9 Å². The highest BCUT2D eigenvalue weighted by Gasteiger charge is 2.08. The Morgan fingerprint density at radius 2 is 1.75 bits per heavy atom. The lowest BCUT2D eigenvalue weighted by Gasteiger charge is -2.09. The molecule has 1 amide bonds. The molecular weight excluding hydrogens is 354 g/mol. The van der Waals surface area contributed by atoms with E-state index in [0.717, 1.165) is 12.1 Å². The predicted octanol–water partition coefficient (Wildman–Crippen LogP) is 4.43. The number of pyridine rings is 1. The average Bonchev–Trinajstić information content (AvgIpc) is 2.74. The maximum atomic E-state index is 12.4. The highest BCUT2D eigenvalue weighted by atomic mass is 16.5. The number of anilines is 3. The summed E-state index contributed by atoms with van der Waals surface area (Å²) in [4.78, 5) is 28.3. The van der Waals surface area contributed by atoms with Crippen molar-refractivity contribution in [3.05, 3.63) is 83.6 Å². The lowest BCUT2D eigenvalue weighted by molar-refractivity contribution is 0.0600. The van der Waals surface area contributed by atoms with E-state index in [0.29, 0.717) is 22.6 Å². The summed E-state index contributed by atoms with van der Waals surface area (Å²) >= 11 is 0. The van der Waals surface area contributed by atoms with Gasteiger partial charge in [0.25, 0.3) is 5.91 Å². The van der Waals surface area contributed by atoms with Gasteiger partial charge in [-0.2, -0.15) is 0 Å². The summed E-state index contributed by atoms with van der Waals surface area (Å²) in [5.74, 6) is -0.0718. The van der Waals surface area contributed by atoms with E-state index >= 15 is 0 Å². The first kappa shape index (κ1) is 19.1. The zero-order valence-electron chi connectivity index (χ0n) is 15.7. The molecule has 0 saturated carbocycles. The third-order valence-electron chi connectivity index (χ3n) is 4.20. The largest absolute Gasteiger partial charge is 0.465 e. The third-order valence-corrected chi connectivity index (χ3v) is 4.20. The maximum Gasteiger partial charge on any atom is 0.337 e. The molecule has 0 aliphatic rings. The van der Waals surface area contributed by atoms with Gasteiger partial charge in [0.2, 0.25) is 0 Å². The van der Waals surface area contributed by atoms with Crippen molar-refractivity contribution in [2.45, 2.75) is 13.3 Å². The standard InChI is InChI=1S/C22H21N3O3/c1-3-15-7-10-18(11-8-15)25-21(26)17-9-12-20(23-14-17)24-19-6-4-5-16(13-19)22(27)28-2/h4-14H,3H2,1-2H3,(H,23,24)(H,25,26). The zero-order valence-corrected chi connectivity index (χ0v) is 15.7. The van der Waals surface area contributed by atoms with Crippen molar-refractivity contribution in [2.75, 3.05) is 17.7 Å². The first-order valence-electron chi connectivity index (χ1n) is 8.91. The first-order valence-corrected chi connectivity index (χ1v) is 8.91. The lowest BCUT2D eigenvalue weighted by atomic mass is 10.1. The number of nitrogens with one attached hydrogen (secondary N) is 2. The fourth-order valence-corrected chi connectivity index (χ4v) is 2.62. The number of nitrogens with zero attached hydrogens (tertiary/aromatic N) is 1. The van der Waals surface area contributed by atoms with Gasteiger partial charge in [-0.3, -0.25) is 4.79 Å². The van der Waals surface area contributed by atoms with Crippen LogP contribution in [-0.2, 0) is 11.2 Å². The van der Waals surface area contributed by atoms with Crippen LogP contribution in [0.3, 0.4) is 0 Å². The van der Waals surface area contributed by atoms with Crippen LogP contribution in [0.5, 0.6) is 0 Å². The second kappa shape index (κ2) is 8.81. The van der Waals surface area contributed by atoms with E-state index in [1.807, 2.05) is 30.3 Å². The fourth-order valence-electron chi connectivity index (χ4n) is 2.62. The summed E-state index contributed by atoms with van der Waals surface area (Å²) in [6.45, 7) is 2.08. The molecule has 3 rings (SSSR count). The van der Waals surface area contributed by atoms with Crippen LogP contribution in [0.2, 0.25) is 0 Å². The topological polar surface area (TPSA) is 80.3 Å². The fraction of sp³-hybridized carbons (Fsp3) is 0.136. The Bertz CT molecular complexity index is 967. The van der Waals surface area contributed by atoms with Crippen molar-refractivity contribution in [1.82, 2.24) is 4.98 Å². The van der Waals surface area contributed by atoms with E-state index in [9.17, 15) is 9.59 Å². The van der Waals surface area contributed by atoms with Crippen molar-refractivity contribution in [1.29, 1.82) is 0 Å². The summed E-state index contributed by atoms with van der Waals surface area (Å²) in [6.07, 6.45) is 2.46. The van der Waals surface area contributed by atoms with E-state index in [4.69, 9.17) is 4.74 Å². The summed E-state index contributed by atoms with van der Waals surface area (Å²) in [5.41, 5.74) is 3.55. The average molecular weight is 375 g/mol. The molecule has 6 heteroatoms. The summed E-state index contributed by atoms with van der Waals surface area (Å²) in [6, 6.07) is 18.1. The van der Waals surface area contributed by atoms with Gasteiger partial charge in [0.1, 0.15) is 5.82 Å². The van der Waals surface area contributed by atoms with Crippen LogP contribution in [0, 0.1) is 0 Å². The molecule has 0 saturated heterocycles. The molecule has 3 aromatic rings. The molecule has 1 heterocycles. The second-order valence-corrected chi connectivity index (χ2v) is 6.13. The minimum absolute atomic E-state index is 0.226. The van der Waals surface area contributed by atoms with Crippen molar-refractivity contribution < 1.29 is 14.3 Å². The van der Waals surface area contributed by atoms with Crippen molar-refractivity contribution >= 4 is 29.1 Å². The minimum atomic E-state index is -0.407. The highest BCUT2D eigenvalue weighted by molar-refractivity contribution is 6.04. The van der Waals surface area contributed by atoms with Crippen LogP contribution in [0.25, 0.3) is 0 Å². The molecule has 0 aliphatic heterocycles. The molecule has 6 nitrogen and oxygen atoms in total. The van der Waals surface area contributed by atoms with Crippen LogP contribution in [-0.4, -0.2) is 24.0 Å². The van der Waals surface area contributed by atoms with Gasteiger partial charge in [0.05, 0.1) is 18.2 Å². The van der Waals surface area contributed by atoms with Crippen molar-refractivity contribution in [3.63, 3.8) is 0 Å². The number of esters is 1. The lowest BCUT2D eigenvalue weighted by Crippen LogP contribution is -2.12.